The zero-order valence-electron chi connectivity index (χ0n) is 9.39. The van der Waals surface area contributed by atoms with E-state index in [2.05, 4.69) is 22.6 Å². The number of benzene rings is 2. The summed E-state index contributed by atoms with van der Waals surface area (Å²) in [4.78, 5) is 11.6. The van der Waals surface area contributed by atoms with Crippen LogP contribution in [0.5, 0.6) is 0 Å². The first-order valence-corrected chi connectivity index (χ1v) is 6.61. The average molecular weight is 348 g/mol. The van der Waals surface area contributed by atoms with E-state index in [0.29, 0.717) is 5.58 Å². The molecule has 2 nitrogen and oxygen atoms in total. The molecule has 0 aliphatic rings. The number of para-hydroxylation sites is 1. The van der Waals surface area contributed by atoms with Crippen LogP contribution in [0, 0.1) is 3.57 Å². The van der Waals surface area contributed by atoms with E-state index in [1.807, 2.05) is 48.5 Å². The Bertz CT molecular complexity index is 757. The largest absolute Gasteiger partial charge is 0.423 e. The molecule has 3 rings (SSSR count). The minimum absolute atomic E-state index is 0.317. The van der Waals surface area contributed by atoms with Crippen LogP contribution in [0.2, 0.25) is 0 Å². The summed E-state index contributed by atoms with van der Waals surface area (Å²) >= 11 is 2.26. The monoisotopic (exact) mass is 348 g/mol. The Balaban J connectivity index is 2.34. The third-order valence-electron chi connectivity index (χ3n) is 2.81. The van der Waals surface area contributed by atoms with Gasteiger partial charge in [0, 0.05) is 15.0 Å². The number of hydrogen-bond acceptors (Lipinski definition) is 2. The molecule has 0 spiro atoms. The topological polar surface area (TPSA) is 30.2 Å². The molecule has 0 aliphatic carbocycles. The summed E-state index contributed by atoms with van der Waals surface area (Å²) in [6, 6.07) is 17.2. The van der Waals surface area contributed by atoms with Crippen molar-refractivity contribution in [2.75, 3.05) is 0 Å². The van der Waals surface area contributed by atoms with Gasteiger partial charge in [0.1, 0.15) is 5.58 Å². The lowest BCUT2D eigenvalue weighted by Gasteiger charge is -2.05. The minimum atomic E-state index is -0.317. The summed E-state index contributed by atoms with van der Waals surface area (Å²) in [5.41, 5.74) is 2.25. The van der Waals surface area contributed by atoms with Crippen molar-refractivity contribution in [3.05, 3.63) is 68.6 Å². The molecule has 18 heavy (non-hydrogen) atoms. The van der Waals surface area contributed by atoms with Crippen LogP contribution in [0.25, 0.3) is 22.1 Å². The van der Waals surface area contributed by atoms with E-state index in [0.717, 1.165) is 16.5 Å². The summed E-state index contributed by atoms with van der Waals surface area (Å²) in [6.45, 7) is 0. The number of hydrogen-bond donors (Lipinski definition) is 0. The molecule has 0 radical (unpaired) electrons. The Morgan fingerprint density at radius 1 is 0.944 bits per heavy atom. The molecule has 0 unspecified atom stereocenters. The zero-order chi connectivity index (χ0) is 12.5. The van der Waals surface area contributed by atoms with Crippen LogP contribution in [0.1, 0.15) is 0 Å². The summed E-state index contributed by atoms with van der Waals surface area (Å²) in [5, 5.41) is 0.957. The lowest BCUT2D eigenvalue weighted by atomic mass is 10.0. The highest BCUT2D eigenvalue weighted by Gasteiger charge is 2.06. The molecule has 3 aromatic rings. The fraction of sp³-hybridized carbons (Fsp3) is 0. The van der Waals surface area contributed by atoms with Crippen LogP contribution in [0.3, 0.4) is 0 Å². The lowest BCUT2D eigenvalue weighted by molar-refractivity contribution is 0.561. The first-order valence-electron chi connectivity index (χ1n) is 5.53. The van der Waals surface area contributed by atoms with Gasteiger partial charge in [-0.15, -0.1) is 0 Å². The Morgan fingerprint density at radius 3 is 2.44 bits per heavy atom. The van der Waals surface area contributed by atoms with Crippen molar-refractivity contribution < 1.29 is 4.42 Å². The molecule has 0 atom stereocenters. The van der Waals surface area contributed by atoms with Gasteiger partial charge in [0.25, 0.3) is 0 Å². The van der Waals surface area contributed by atoms with E-state index < -0.39 is 0 Å². The summed E-state index contributed by atoms with van der Waals surface area (Å²) in [7, 11) is 0. The Kier molecular flexibility index (Phi) is 2.91. The standard InChI is InChI=1S/C15H9IO2/c16-11-7-5-10(6-8-11)13-9-15(17)18-14-4-2-1-3-12(13)14/h1-9H. The summed E-state index contributed by atoms with van der Waals surface area (Å²) in [6.07, 6.45) is 0. The second-order valence-corrected chi connectivity index (χ2v) is 5.23. The van der Waals surface area contributed by atoms with Gasteiger partial charge in [0.05, 0.1) is 0 Å². The molecule has 1 aromatic heterocycles. The highest BCUT2D eigenvalue weighted by atomic mass is 127. The molecular formula is C15H9IO2. The Labute approximate surface area is 117 Å². The van der Waals surface area contributed by atoms with Crippen LogP contribution in [-0.2, 0) is 0 Å². The van der Waals surface area contributed by atoms with Gasteiger partial charge in [0.15, 0.2) is 0 Å². The van der Waals surface area contributed by atoms with Crippen LogP contribution in [0.4, 0.5) is 0 Å². The third kappa shape index (κ3) is 2.06. The van der Waals surface area contributed by atoms with Crippen LogP contribution in [0.15, 0.2) is 63.8 Å². The number of rotatable bonds is 1. The Morgan fingerprint density at radius 2 is 1.67 bits per heavy atom. The molecule has 2 aromatic carbocycles. The number of halogens is 1. The highest BCUT2D eigenvalue weighted by molar-refractivity contribution is 14.1. The lowest BCUT2D eigenvalue weighted by Crippen LogP contribution is -1.97. The molecule has 1 heterocycles. The molecule has 88 valence electrons. The van der Waals surface area contributed by atoms with Gasteiger partial charge in [0.2, 0.25) is 0 Å². The average Bonchev–Trinajstić information content (AvgIpc) is 2.38. The maximum Gasteiger partial charge on any atom is 0.336 e. The van der Waals surface area contributed by atoms with Gasteiger partial charge in [-0.1, -0.05) is 30.3 Å². The molecule has 0 saturated heterocycles. The first-order chi connectivity index (χ1) is 8.74. The smallest absolute Gasteiger partial charge is 0.336 e. The van der Waals surface area contributed by atoms with Gasteiger partial charge >= 0.3 is 5.63 Å². The highest BCUT2D eigenvalue weighted by Crippen LogP contribution is 2.27. The minimum Gasteiger partial charge on any atom is -0.423 e. The molecule has 0 bridgehead atoms. The summed E-state index contributed by atoms with van der Waals surface area (Å²) < 4.78 is 6.36. The molecule has 0 N–H and O–H groups in total. The van der Waals surface area contributed by atoms with E-state index in [9.17, 15) is 4.79 Å². The predicted octanol–water partition coefficient (Wildman–Crippen LogP) is 4.06. The Hall–Kier alpha value is -1.62. The van der Waals surface area contributed by atoms with Crippen LogP contribution >= 0.6 is 22.6 Å². The van der Waals surface area contributed by atoms with Gasteiger partial charge < -0.3 is 4.42 Å². The maximum atomic E-state index is 11.6. The van der Waals surface area contributed by atoms with Crippen LogP contribution in [-0.4, -0.2) is 0 Å². The van der Waals surface area contributed by atoms with E-state index >= 15 is 0 Å². The number of fused-ring (bicyclic) bond motifs is 1. The van der Waals surface area contributed by atoms with Gasteiger partial charge in [-0.2, -0.15) is 0 Å². The van der Waals surface area contributed by atoms with Crippen molar-refractivity contribution in [1.82, 2.24) is 0 Å². The third-order valence-corrected chi connectivity index (χ3v) is 3.52. The van der Waals surface area contributed by atoms with E-state index in [-0.39, 0.29) is 5.63 Å². The predicted molar refractivity (Wildman–Crippen MR) is 80.6 cm³/mol. The first kappa shape index (κ1) is 11.5. The SMILES string of the molecule is O=c1cc(-c2ccc(I)cc2)c2ccccc2o1. The van der Waals surface area contributed by atoms with E-state index in [4.69, 9.17) is 4.42 Å². The summed E-state index contributed by atoms with van der Waals surface area (Å²) in [5.74, 6) is 0. The second kappa shape index (κ2) is 4.57. The van der Waals surface area contributed by atoms with Gasteiger partial charge in [-0.3, -0.25) is 0 Å². The van der Waals surface area contributed by atoms with Crippen molar-refractivity contribution in [1.29, 1.82) is 0 Å². The fourth-order valence-corrected chi connectivity index (χ4v) is 2.34. The molecule has 0 amide bonds. The quantitative estimate of drug-likeness (QED) is 0.490. The molecular weight excluding hydrogens is 339 g/mol. The van der Waals surface area contributed by atoms with Gasteiger partial charge in [-0.05, 0) is 51.9 Å². The van der Waals surface area contributed by atoms with Gasteiger partial charge in [-0.25, -0.2) is 4.79 Å². The molecule has 3 heteroatoms. The van der Waals surface area contributed by atoms with Crippen molar-refractivity contribution >= 4 is 33.6 Å². The fourth-order valence-electron chi connectivity index (χ4n) is 1.98. The van der Waals surface area contributed by atoms with Crippen LogP contribution < -0.4 is 5.63 Å². The normalized spacial score (nSPS) is 10.7. The van der Waals surface area contributed by atoms with Crippen molar-refractivity contribution in [3.8, 4) is 11.1 Å². The second-order valence-electron chi connectivity index (χ2n) is 3.98. The van der Waals surface area contributed by atoms with E-state index in [1.165, 1.54) is 3.57 Å². The molecule has 0 aliphatic heterocycles. The van der Waals surface area contributed by atoms with Crippen molar-refractivity contribution in [2.24, 2.45) is 0 Å². The molecule has 0 fully saturated rings. The van der Waals surface area contributed by atoms with Crippen molar-refractivity contribution in [2.45, 2.75) is 0 Å². The van der Waals surface area contributed by atoms with Crippen molar-refractivity contribution in [3.63, 3.8) is 0 Å². The zero-order valence-corrected chi connectivity index (χ0v) is 11.5. The van der Waals surface area contributed by atoms with E-state index in [1.54, 1.807) is 6.07 Å². The maximum absolute atomic E-state index is 11.6. The molecule has 0 saturated carbocycles.